The molecule has 1 heterocycles. The highest BCUT2D eigenvalue weighted by atomic mass is 35.5. The zero-order chi connectivity index (χ0) is 17.9. The summed E-state index contributed by atoms with van der Waals surface area (Å²) in [5.41, 5.74) is 0. The number of halogens is 2. The van der Waals surface area contributed by atoms with Crippen molar-refractivity contribution in [3.05, 3.63) is 24.3 Å². The zero-order valence-corrected chi connectivity index (χ0v) is 18.0. The van der Waals surface area contributed by atoms with Crippen LogP contribution in [-0.2, 0) is 20.0 Å². The number of rotatable bonds is 8. The minimum absolute atomic E-state index is 0. The van der Waals surface area contributed by atoms with Gasteiger partial charge in [0.15, 0.2) is 0 Å². The molecule has 1 saturated heterocycles. The lowest BCUT2D eigenvalue weighted by atomic mass is 10.3. The molecule has 1 aliphatic heterocycles. The Morgan fingerprint density at radius 2 is 1.59 bits per heavy atom. The van der Waals surface area contributed by atoms with E-state index >= 15 is 0 Å². The second-order valence-corrected chi connectivity index (χ2v) is 9.84. The van der Waals surface area contributed by atoms with Crippen LogP contribution in [0.15, 0.2) is 34.1 Å². The van der Waals surface area contributed by atoms with E-state index in [4.69, 9.17) is 0 Å². The maximum atomic E-state index is 12.4. The summed E-state index contributed by atoms with van der Waals surface area (Å²) in [5, 5.41) is 3.24. The van der Waals surface area contributed by atoms with Crippen LogP contribution in [0.2, 0.25) is 0 Å². The van der Waals surface area contributed by atoms with E-state index in [0.717, 1.165) is 39.0 Å². The lowest BCUT2D eigenvalue weighted by molar-refractivity contribution is 0.245. The summed E-state index contributed by atoms with van der Waals surface area (Å²) in [6.45, 7) is 4.51. The molecule has 12 heteroatoms. The van der Waals surface area contributed by atoms with Gasteiger partial charge in [-0.2, -0.15) is 0 Å². The van der Waals surface area contributed by atoms with E-state index in [1.54, 1.807) is 0 Å². The molecule has 1 aromatic carbocycles. The Kier molecular flexibility index (Phi) is 9.43. The number of nitrogens with one attached hydrogen (secondary N) is 3. The number of hydrogen-bond donors (Lipinski definition) is 3. The molecule has 2 fully saturated rings. The minimum atomic E-state index is -3.74. The second kappa shape index (κ2) is 10.4. The molecule has 0 bridgehead atoms. The molecule has 3 N–H and O–H groups in total. The van der Waals surface area contributed by atoms with Crippen LogP contribution in [0.3, 0.4) is 0 Å². The number of sulfonamides is 2. The van der Waals surface area contributed by atoms with Crippen molar-refractivity contribution in [2.24, 2.45) is 0 Å². The predicted octanol–water partition coefficient (Wildman–Crippen LogP) is 0.154. The molecule has 1 aliphatic carbocycles. The van der Waals surface area contributed by atoms with Crippen molar-refractivity contribution in [1.82, 2.24) is 19.7 Å². The number of piperazine rings is 1. The van der Waals surface area contributed by atoms with Crippen LogP contribution in [0, 0.1) is 0 Å². The number of hydrogen-bond acceptors (Lipinski definition) is 6. The Morgan fingerprint density at radius 3 is 2.19 bits per heavy atom. The SMILES string of the molecule is Cl.Cl.O=S(=O)(NCCN1CCNCC1)c1cccc(S(=O)(=O)NC2CC2)c1. The molecule has 1 aromatic rings. The lowest BCUT2D eigenvalue weighted by Crippen LogP contribution is -2.46. The van der Waals surface area contributed by atoms with Gasteiger partial charge in [0.2, 0.25) is 20.0 Å². The molecule has 0 amide bonds. The Balaban J connectivity index is 0.00000182. The quantitative estimate of drug-likeness (QED) is 0.509. The maximum Gasteiger partial charge on any atom is 0.240 e. The first-order valence-electron chi connectivity index (χ1n) is 8.42. The molecule has 2 aliphatic rings. The van der Waals surface area contributed by atoms with Gasteiger partial charge in [0.05, 0.1) is 9.79 Å². The Hall–Kier alpha value is -0.460. The molecule has 0 aromatic heterocycles. The molecule has 0 unspecified atom stereocenters. The van der Waals surface area contributed by atoms with Gasteiger partial charge in [-0.15, -0.1) is 24.8 Å². The van der Waals surface area contributed by atoms with Gasteiger partial charge in [-0.3, -0.25) is 4.90 Å². The number of nitrogens with zero attached hydrogens (tertiary/aromatic N) is 1. The number of benzene rings is 1. The summed E-state index contributed by atoms with van der Waals surface area (Å²) in [4.78, 5) is 2.12. The summed E-state index contributed by atoms with van der Waals surface area (Å²) in [5.74, 6) is 0. The molecular weight excluding hydrogens is 435 g/mol. The van der Waals surface area contributed by atoms with Crippen molar-refractivity contribution in [2.45, 2.75) is 28.7 Å². The van der Waals surface area contributed by atoms with Crippen molar-refractivity contribution in [2.75, 3.05) is 39.3 Å². The van der Waals surface area contributed by atoms with Crippen molar-refractivity contribution >= 4 is 44.9 Å². The molecule has 0 spiro atoms. The molecule has 1 saturated carbocycles. The standard InChI is InChI=1S/C15H24N4O4S2.2ClH/c20-24(21,17-8-11-19-9-6-16-7-10-19)14-2-1-3-15(12-14)25(22,23)18-13-4-5-13;;/h1-3,12-13,16-18H,4-11H2;2*1H. The average Bonchev–Trinajstić information content (AvgIpc) is 3.39. The molecule has 3 rings (SSSR count). The van der Waals surface area contributed by atoms with E-state index in [9.17, 15) is 16.8 Å². The van der Waals surface area contributed by atoms with Gasteiger partial charge in [-0.05, 0) is 31.0 Å². The molecule has 0 radical (unpaired) electrons. The van der Waals surface area contributed by atoms with Gasteiger partial charge in [0, 0.05) is 45.3 Å². The smallest absolute Gasteiger partial charge is 0.240 e. The predicted molar refractivity (Wildman–Crippen MR) is 109 cm³/mol. The second-order valence-electron chi connectivity index (χ2n) is 6.36. The van der Waals surface area contributed by atoms with Gasteiger partial charge in [-0.25, -0.2) is 26.3 Å². The molecule has 27 heavy (non-hydrogen) atoms. The van der Waals surface area contributed by atoms with Gasteiger partial charge in [-0.1, -0.05) is 6.07 Å². The van der Waals surface area contributed by atoms with Crippen molar-refractivity contribution < 1.29 is 16.8 Å². The van der Waals surface area contributed by atoms with Crippen LogP contribution in [0.4, 0.5) is 0 Å². The first-order chi connectivity index (χ1) is 11.9. The molecular formula is C15H26Cl2N4O4S2. The molecule has 0 atom stereocenters. The highest BCUT2D eigenvalue weighted by Crippen LogP contribution is 2.23. The highest BCUT2D eigenvalue weighted by molar-refractivity contribution is 7.90. The van der Waals surface area contributed by atoms with E-state index < -0.39 is 20.0 Å². The van der Waals surface area contributed by atoms with Gasteiger partial charge >= 0.3 is 0 Å². The fourth-order valence-electron chi connectivity index (χ4n) is 2.65. The average molecular weight is 461 g/mol. The van der Waals surface area contributed by atoms with Gasteiger partial charge in [0.1, 0.15) is 0 Å². The Labute approximate surface area is 173 Å². The highest BCUT2D eigenvalue weighted by Gasteiger charge is 2.28. The van der Waals surface area contributed by atoms with Gasteiger partial charge in [0.25, 0.3) is 0 Å². The summed E-state index contributed by atoms with van der Waals surface area (Å²) in [6, 6.07) is 5.44. The lowest BCUT2D eigenvalue weighted by Gasteiger charge is -2.27. The fourth-order valence-corrected chi connectivity index (χ4v) is 5.14. The fraction of sp³-hybridized carbons (Fsp3) is 0.600. The van der Waals surface area contributed by atoms with E-state index in [-0.39, 0.29) is 40.6 Å². The van der Waals surface area contributed by atoms with Crippen LogP contribution in [0.5, 0.6) is 0 Å². The molecule has 156 valence electrons. The summed E-state index contributed by atoms with van der Waals surface area (Å²) in [6.07, 6.45) is 1.65. The van der Waals surface area contributed by atoms with E-state index in [0.29, 0.717) is 13.1 Å². The van der Waals surface area contributed by atoms with Crippen molar-refractivity contribution in [3.8, 4) is 0 Å². The summed E-state index contributed by atoms with van der Waals surface area (Å²) in [7, 11) is -7.42. The topological polar surface area (TPSA) is 108 Å². The van der Waals surface area contributed by atoms with Crippen LogP contribution in [0.25, 0.3) is 0 Å². The first kappa shape index (κ1) is 24.6. The maximum absolute atomic E-state index is 12.4. The Morgan fingerprint density at radius 1 is 1.00 bits per heavy atom. The van der Waals surface area contributed by atoms with Crippen LogP contribution in [-0.4, -0.2) is 67.0 Å². The van der Waals surface area contributed by atoms with Crippen LogP contribution < -0.4 is 14.8 Å². The van der Waals surface area contributed by atoms with Gasteiger partial charge < -0.3 is 5.32 Å². The zero-order valence-electron chi connectivity index (χ0n) is 14.8. The Bertz CT molecular complexity index is 811. The normalized spacial score (nSPS) is 18.4. The monoisotopic (exact) mass is 460 g/mol. The van der Waals surface area contributed by atoms with Crippen molar-refractivity contribution in [3.63, 3.8) is 0 Å². The van der Waals surface area contributed by atoms with Crippen LogP contribution in [0.1, 0.15) is 12.8 Å². The van der Waals surface area contributed by atoms with E-state index in [1.165, 1.54) is 24.3 Å². The summed E-state index contributed by atoms with van der Waals surface area (Å²) >= 11 is 0. The third-order valence-electron chi connectivity index (χ3n) is 4.25. The third kappa shape index (κ3) is 7.13. The van der Waals surface area contributed by atoms with E-state index in [1.807, 2.05) is 0 Å². The largest absolute Gasteiger partial charge is 0.314 e. The first-order valence-corrected chi connectivity index (χ1v) is 11.4. The molecule has 8 nitrogen and oxygen atoms in total. The van der Waals surface area contributed by atoms with E-state index in [2.05, 4.69) is 19.7 Å². The minimum Gasteiger partial charge on any atom is -0.314 e. The van der Waals surface area contributed by atoms with Crippen molar-refractivity contribution in [1.29, 1.82) is 0 Å². The third-order valence-corrected chi connectivity index (χ3v) is 7.23. The van der Waals surface area contributed by atoms with Crippen LogP contribution >= 0.6 is 24.8 Å². The summed E-state index contributed by atoms with van der Waals surface area (Å²) < 4.78 is 54.5.